The van der Waals surface area contributed by atoms with E-state index in [4.69, 9.17) is 9.47 Å². The lowest BCUT2D eigenvalue weighted by atomic mass is 10.0. The minimum absolute atomic E-state index is 0.0532. The van der Waals surface area contributed by atoms with E-state index in [1.165, 1.54) is 0 Å². The summed E-state index contributed by atoms with van der Waals surface area (Å²) in [4.78, 5) is 12.2. The molecule has 23 heavy (non-hydrogen) atoms. The molecule has 2 aromatic rings. The van der Waals surface area contributed by atoms with Gasteiger partial charge in [0.25, 0.3) is 0 Å². The smallest absolute Gasteiger partial charge is 0.327 e. The molecule has 5 heteroatoms. The van der Waals surface area contributed by atoms with Crippen LogP contribution in [0.1, 0.15) is 6.42 Å². The summed E-state index contributed by atoms with van der Waals surface area (Å²) in [6, 6.07) is 19.4. The summed E-state index contributed by atoms with van der Waals surface area (Å²) in [5.41, 5.74) is 5.28. The summed E-state index contributed by atoms with van der Waals surface area (Å²) in [5.74, 6) is -0.200. The molecule has 4 rings (SSSR count). The lowest BCUT2D eigenvalue weighted by Crippen LogP contribution is -2.47. The number of carbonyl (C=O) groups is 1. The number of hydrogen-bond acceptors (Lipinski definition) is 5. The van der Waals surface area contributed by atoms with Crippen LogP contribution in [0.4, 0.5) is 11.4 Å². The fraction of sp³-hybridized carbons (Fsp3) is 0.278. The number of fused-ring (bicyclic) bond motifs is 1. The predicted molar refractivity (Wildman–Crippen MR) is 85.9 cm³/mol. The zero-order valence-corrected chi connectivity index (χ0v) is 12.6. The van der Waals surface area contributed by atoms with Crippen LogP contribution >= 0.6 is 0 Å². The molecule has 118 valence electrons. The Bertz CT molecular complexity index is 638. The van der Waals surface area contributed by atoms with Gasteiger partial charge >= 0.3 is 5.97 Å². The number of anilines is 2. The van der Waals surface area contributed by atoms with Gasteiger partial charge in [-0.3, -0.25) is 9.80 Å². The van der Waals surface area contributed by atoms with Gasteiger partial charge in [-0.05, 0) is 30.7 Å². The second kappa shape index (κ2) is 6.02. The molecule has 0 aromatic heterocycles. The highest BCUT2D eigenvalue weighted by atomic mass is 16.7. The fourth-order valence-corrected chi connectivity index (χ4v) is 3.13. The van der Waals surface area contributed by atoms with Crippen molar-refractivity contribution in [2.24, 2.45) is 5.92 Å². The maximum Gasteiger partial charge on any atom is 0.327 e. The molecular formula is C18H18N2O3. The van der Waals surface area contributed by atoms with E-state index in [0.717, 1.165) is 17.8 Å². The Morgan fingerprint density at radius 3 is 2.17 bits per heavy atom. The zero-order chi connectivity index (χ0) is 15.6. The third-order valence-corrected chi connectivity index (χ3v) is 4.29. The molecule has 2 aliphatic rings. The van der Waals surface area contributed by atoms with Gasteiger partial charge in [0, 0.05) is 0 Å². The molecule has 2 saturated heterocycles. The number of benzene rings is 2. The molecule has 0 aliphatic carbocycles. The highest BCUT2D eigenvalue weighted by Gasteiger charge is 2.49. The first-order chi connectivity index (χ1) is 11.3. The number of ether oxygens (including phenoxy) is 2. The van der Waals surface area contributed by atoms with E-state index < -0.39 is 12.3 Å². The summed E-state index contributed by atoms with van der Waals surface area (Å²) in [6.45, 7) is 0.636. The van der Waals surface area contributed by atoms with Crippen LogP contribution < -0.4 is 10.4 Å². The molecule has 1 unspecified atom stereocenters. The average Bonchev–Trinajstić information content (AvgIpc) is 3.15. The van der Waals surface area contributed by atoms with Crippen LogP contribution in [0.25, 0.3) is 0 Å². The molecule has 3 atom stereocenters. The predicted octanol–water partition coefficient (Wildman–Crippen LogP) is 2.62. The monoisotopic (exact) mass is 310 g/mol. The molecule has 5 nitrogen and oxygen atoms in total. The normalized spacial score (nSPS) is 25.9. The third kappa shape index (κ3) is 2.69. The van der Waals surface area contributed by atoms with E-state index >= 15 is 0 Å². The molecule has 0 amide bonds. The maximum atomic E-state index is 12.2. The molecule has 2 aliphatic heterocycles. The molecule has 0 saturated carbocycles. The van der Waals surface area contributed by atoms with Gasteiger partial charge in [0.2, 0.25) is 6.29 Å². The zero-order valence-electron chi connectivity index (χ0n) is 12.6. The van der Waals surface area contributed by atoms with E-state index in [2.05, 4.69) is 5.43 Å². The van der Waals surface area contributed by atoms with Gasteiger partial charge in [0.1, 0.15) is 6.04 Å². The SMILES string of the molecule is O=C1O[C@H]2OCC[C@H]2C1NN(c1ccccc1)c1ccccc1. The summed E-state index contributed by atoms with van der Waals surface area (Å²) in [5, 5.41) is 1.94. The summed E-state index contributed by atoms with van der Waals surface area (Å²) in [6.07, 6.45) is 0.416. The standard InChI is InChI=1S/C18H18N2O3/c21-17-16(15-11-12-22-18(15)23-17)19-20(13-7-3-1-4-8-13)14-9-5-2-6-10-14/h1-10,15-16,18-19H,11-12H2/t15-,16?,18+/m0/s1. The van der Waals surface area contributed by atoms with Crippen molar-refractivity contribution in [2.75, 3.05) is 11.6 Å². The molecule has 2 heterocycles. The van der Waals surface area contributed by atoms with Crippen molar-refractivity contribution in [3.63, 3.8) is 0 Å². The molecule has 1 N–H and O–H groups in total. The van der Waals surface area contributed by atoms with Crippen LogP contribution in [0.2, 0.25) is 0 Å². The molecule has 0 spiro atoms. The van der Waals surface area contributed by atoms with Gasteiger partial charge < -0.3 is 9.47 Å². The fourth-order valence-electron chi connectivity index (χ4n) is 3.13. The van der Waals surface area contributed by atoms with E-state index in [1.54, 1.807) is 0 Å². The van der Waals surface area contributed by atoms with Crippen LogP contribution in [0, 0.1) is 5.92 Å². The Morgan fingerprint density at radius 1 is 0.957 bits per heavy atom. The quantitative estimate of drug-likeness (QED) is 0.695. The number of hydrazine groups is 1. The molecule has 2 fully saturated rings. The molecule has 0 radical (unpaired) electrons. The highest BCUT2D eigenvalue weighted by molar-refractivity contribution is 5.79. The first kappa shape index (κ1) is 14.2. The largest absolute Gasteiger partial charge is 0.434 e. The van der Waals surface area contributed by atoms with Crippen molar-refractivity contribution < 1.29 is 14.3 Å². The Balaban J connectivity index is 1.65. The van der Waals surface area contributed by atoms with Crippen molar-refractivity contribution in [2.45, 2.75) is 18.8 Å². The van der Waals surface area contributed by atoms with Crippen LogP contribution in [0.15, 0.2) is 60.7 Å². The topological polar surface area (TPSA) is 50.8 Å². The molecule has 2 aromatic carbocycles. The average molecular weight is 310 g/mol. The summed E-state index contributed by atoms with van der Waals surface area (Å²) in [7, 11) is 0. The Hall–Kier alpha value is -2.37. The van der Waals surface area contributed by atoms with Gasteiger partial charge in [0.15, 0.2) is 0 Å². The highest BCUT2D eigenvalue weighted by Crippen LogP contribution is 2.33. The first-order valence-corrected chi connectivity index (χ1v) is 7.81. The Kier molecular flexibility index (Phi) is 3.73. The number of rotatable bonds is 4. The van der Waals surface area contributed by atoms with Gasteiger partial charge in [-0.1, -0.05) is 36.4 Å². The van der Waals surface area contributed by atoms with Crippen molar-refractivity contribution in [1.82, 2.24) is 5.43 Å². The number of esters is 1. The van der Waals surface area contributed by atoms with E-state index in [9.17, 15) is 4.79 Å². The number of hydrogen-bond donors (Lipinski definition) is 1. The summed E-state index contributed by atoms with van der Waals surface area (Å²) >= 11 is 0. The third-order valence-electron chi connectivity index (χ3n) is 4.29. The second-order valence-electron chi connectivity index (χ2n) is 5.74. The van der Waals surface area contributed by atoms with E-state index in [-0.39, 0.29) is 11.9 Å². The van der Waals surface area contributed by atoms with Crippen LogP contribution in [0.3, 0.4) is 0 Å². The lowest BCUT2D eigenvalue weighted by molar-refractivity contribution is -0.159. The summed E-state index contributed by atoms with van der Waals surface area (Å²) < 4.78 is 10.8. The van der Waals surface area contributed by atoms with Gasteiger partial charge in [0.05, 0.1) is 23.9 Å². The number of carbonyl (C=O) groups excluding carboxylic acids is 1. The van der Waals surface area contributed by atoms with Crippen LogP contribution in [-0.2, 0) is 14.3 Å². The Labute approximate surface area is 134 Å². The molecular weight excluding hydrogens is 292 g/mol. The van der Waals surface area contributed by atoms with Crippen LogP contribution in [-0.4, -0.2) is 24.9 Å². The van der Waals surface area contributed by atoms with E-state index in [0.29, 0.717) is 6.61 Å². The first-order valence-electron chi connectivity index (χ1n) is 7.81. The van der Waals surface area contributed by atoms with E-state index in [1.807, 2.05) is 65.7 Å². The molecule has 0 bridgehead atoms. The van der Waals surface area contributed by atoms with Gasteiger partial charge in [-0.25, -0.2) is 5.43 Å². The van der Waals surface area contributed by atoms with Crippen LogP contribution in [0.5, 0.6) is 0 Å². The Morgan fingerprint density at radius 2 is 1.57 bits per heavy atom. The second-order valence-corrected chi connectivity index (χ2v) is 5.74. The lowest BCUT2D eigenvalue weighted by Gasteiger charge is -2.29. The van der Waals surface area contributed by atoms with Gasteiger partial charge in [-0.15, -0.1) is 0 Å². The van der Waals surface area contributed by atoms with Crippen molar-refractivity contribution >= 4 is 17.3 Å². The number of nitrogens with zero attached hydrogens (tertiary/aromatic N) is 1. The van der Waals surface area contributed by atoms with Crippen molar-refractivity contribution in [3.05, 3.63) is 60.7 Å². The van der Waals surface area contributed by atoms with Gasteiger partial charge in [-0.2, -0.15) is 0 Å². The van der Waals surface area contributed by atoms with Crippen molar-refractivity contribution in [1.29, 1.82) is 0 Å². The minimum atomic E-state index is -0.409. The van der Waals surface area contributed by atoms with Crippen molar-refractivity contribution in [3.8, 4) is 0 Å². The maximum absolute atomic E-state index is 12.2. The number of nitrogens with one attached hydrogen (secondary N) is 1. The number of para-hydroxylation sites is 2. The minimum Gasteiger partial charge on any atom is -0.434 e.